The Balaban J connectivity index is 2.23. The van der Waals surface area contributed by atoms with Gasteiger partial charge >= 0.3 is 5.97 Å². The second-order valence-electron chi connectivity index (χ2n) is 4.63. The fourth-order valence-electron chi connectivity index (χ4n) is 2.32. The molecule has 0 unspecified atom stereocenters. The highest BCUT2D eigenvalue weighted by atomic mass is 16.4. The number of carboxylic acid groups (broad SMARTS) is 1. The summed E-state index contributed by atoms with van der Waals surface area (Å²) in [6.45, 7) is 0.915. The highest BCUT2D eigenvalue weighted by molar-refractivity contribution is 5.92. The molecule has 0 aliphatic carbocycles. The van der Waals surface area contributed by atoms with Crippen molar-refractivity contribution in [3.05, 3.63) is 57.9 Å². The maximum atomic E-state index is 12.3. The van der Waals surface area contributed by atoms with Crippen LogP contribution in [0.25, 0.3) is 10.9 Å². The maximum Gasteiger partial charge on any atom is 0.341 e. The van der Waals surface area contributed by atoms with Crippen molar-refractivity contribution in [2.24, 2.45) is 4.99 Å². The van der Waals surface area contributed by atoms with E-state index in [0.717, 1.165) is 16.5 Å². The van der Waals surface area contributed by atoms with Crippen molar-refractivity contribution >= 4 is 23.1 Å². The molecule has 5 nitrogen and oxygen atoms in total. The highest BCUT2D eigenvalue weighted by Crippen LogP contribution is 2.15. The molecule has 1 aliphatic rings. The number of carboxylic acids is 1. The molecule has 1 N–H and O–H groups in total. The van der Waals surface area contributed by atoms with Crippen LogP contribution in [0.5, 0.6) is 0 Å². The lowest BCUT2D eigenvalue weighted by Gasteiger charge is -2.12. The maximum absolute atomic E-state index is 12.3. The van der Waals surface area contributed by atoms with E-state index in [9.17, 15) is 9.59 Å². The molecule has 0 saturated carbocycles. The highest BCUT2D eigenvalue weighted by Gasteiger charge is 2.15. The average molecular weight is 268 g/mol. The third kappa shape index (κ3) is 2.03. The Morgan fingerprint density at radius 3 is 2.85 bits per heavy atom. The van der Waals surface area contributed by atoms with Crippen molar-refractivity contribution in [3.63, 3.8) is 0 Å². The van der Waals surface area contributed by atoms with Gasteiger partial charge in [0.1, 0.15) is 5.56 Å². The Hall–Kier alpha value is -2.69. The van der Waals surface area contributed by atoms with E-state index in [-0.39, 0.29) is 5.56 Å². The van der Waals surface area contributed by atoms with E-state index in [1.54, 1.807) is 12.3 Å². The van der Waals surface area contributed by atoms with E-state index in [0.29, 0.717) is 13.1 Å². The fraction of sp³-hybridized carbons (Fsp3) is 0.133. The van der Waals surface area contributed by atoms with Crippen molar-refractivity contribution in [1.29, 1.82) is 0 Å². The number of rotatable bonds is 3. The molecule has 0 fully saturated rings. The SMILES string of the molecule is O=C(O)c1cc2ccccc2n(CC2=CC=NC2)c1=O. The predicted octanol–water partition coefficient (Wildman–Crippen LogP) is 1.71. The van der Waals surface area contributed by atoms with Gasteiger partial charge in [0, 0.05) is 12.8 Å². The third-order valence-corrected chi connectivity index (χ3v) is 3.30. The van der Waals surface area contributed by atoms with Crippen LogP contribution in [0.4, 0.5) is 0 Å². The smallest absolute Gasteiger partial charge is 0.341 e. The molecule has 0 saturated heterocycles. The Morgan fingerprint density at radius 1 is 1.35 bits per heavy atom. The number of allylic oxidation sites excluding steroid dienone is 1. The molecule has 0 atom stereocenters. The van der Waals surface area contributed by atoms with Crippen molar-refractivity contribution in [3.8, 4) is 0 Å². The standard InChI is InChI=1S/C15H12N2O3/c18-14-12(15(19)20)7-11-3-1-2-4-13(11)17(14)9-10-5-6-16-8-10/h1-7H,8-9H2,(H,19,20). The zero-order valence-electron chi connectivity index (χ0n) is 10.6. The lowest BCUT2D eigenvalue weighted by Crippen LogP contribution is -2.27. The molecule has 1 aromatic carbocycles. The van der Waals surface area contributed by atoms with Crippen LogP contribution in [-0.4, -0.2) is 28.4 Å². The lowest BCUT2D eigenvalue weighted by atomic mass is 10.1. The molecule has 0 spiro atoms. The predicted molar refractivity (Wildman–Crippen MR) is 76.6 cm³/mol. The van der Waals surface area contributed by atoms with Gasteiger partial charge in [0.25, 0.3) is 5.56 Å². The lowest BCUT2D eigenvalue weighted by molar-refractivity contribution is 0.0694. The Bertz CT molecular complexity index is 815. The molecule has 0 bridgehead atoms. The van der Waals surface area contributed by atoms with E-state index in [2.05, 4.69) is 4.99 Å². The number of benzene rings is 1. The van der Waals surface area contributed by atoms with Gasteiger partial charge in [-0.15, -0.1) is 0 Å². The summed E-state index contributed by atoms with van der Waals surface area (Å²) in [4.78, 5) is 27.6. The summed E-state index contributed by atoms with van der Waals surface area (Å²) < 4.78 is 1.50. The van der Waals surface area contributed by atoms with Crippen LogP contribution in [0.1, 0.15) is 10.4 Å². The van der Waals surface area contributed by atoms with E-state index in [1.807, 2.05) is 24.3 Å². The number of hydrogen-bond acceptors (Lipinski definition) is 3. The minimum absolute atomic E-state index is 0.205. The first kappa shape index (κ1) is 12.3. The Kier molecular flexibility index (Phi) is 2.95. The normalized spacial score (nSPS) is 13.7. The van der Waals surface area contributed by atoms with Crippen molar-refractivity contribution in [2.75, 3.05) is 6.54 Å². The average Bonchev–Trinajstić information content (AvgIpc) is 2.94. The molecule has 1 aromatic heterocycles. The van der Waals surface area contributed by atoms with Gasteiger partial charge in [0.15, 0.2) is 0 Å². The van der Waals surface area contributed by atoms with Gasteiger partial charge in [-0.05, 0) is 29.2 Å². The number of fused-ring (bicyclic) bond motifs is 1. The molecular formula is C15H12N2O3. The number of nitrogens with zero attached hydrogens (tertiary/aromatic N) is 2. The number of aliphatic imine (C=N–C) groups is 1. The van der Waals surface area contributed by atoms with Gasteiger partial charge in [0.05, 0.1) is 12.1 Å². The van der Waals surface area contributed by atoms with Gasteiger partial charge in [-0.2, -0.15) is 0 Å². The van der Waals surface area contributed by atoms with Crippen LogP contribution in [0.15, 0.2) is 51.8 Å². The number of para-hydroxylation sites is 1. The van der Waals surface area contributed by atoms with Crippen LogP contribution in [0.2, 0.25) is 0 Å². The largest absolute Gasteiger partial charge is 0.477 e. The second kappa shape index (κ2) is 4.77. The number of pyridine rings is 1. The molecule has 3 rings (SSSR count). The second-order valence-corrected chi connectivity index (χ2v) is 4.63. The van der Waals surface area contributed by atoms with Crippen LogP contribution < -0.4 is 5.56 Å². The summed E-state index contributed by atoms with van der Waals surface area (Å²) in [5.41, 5.74) is 1.03. The van der Waals surface area contributed by atoms with E-state index < -0.39 is 11.5 Å². The molecule has 100 valence electrons. The number of aromatic carboxylic acids is 1. The van der Waals surface area contributed by atoms with Gasteiger partial charge in [-0.3, -0.25) is 9.79 Å². The van der Waals surface area contributed by atoms with E-state index in [1.165, 1.54) is 10.6 Å². The Morgan fingerprint density at radius 2 is 2.15 bits per heavy atom. The van der Waals surface area contributed by atoms with Crippen molar-refractivity contribution in [2.45, 2.75) is 6.54 Å². The zero-order valence-corrected chi connectivity index (χ0v) is 10.6. The third-order valence-electron chi connectivity index (χ3n) is 3.30. The van der Waals surface area contributed by atoms with Crippen LogP contribution in [0, 0.1) is 0 Å². The van der Waals surface area contributed by atoms with E-state index in [4.69, 9.17) is 5.11 Å². The zero-order chi connectivity index (χ0) is 14.1. The number of aromatic nitrogens is 1. The quantitative estimate of drug-likeness (QED) is 0.921. The molecular weight excluding hydrogens is 256 g/mol. The van der Waals surface area contributed by atoms with Crippen LogP contribution in [-0.2, 0) is 6.54 Å². The van der Waals surface area contributed by atoms with Gasteiger partial charge < -0.3 is 9.67 Å². The molecule has 20 heavy (non-hydrogen) atoms. The van der Waals surface area contributed by atoms with E-state index >= 15 is 0 Å². The molecule has 2 heterocycles. The summed E-state index contributed by atoms with van der Waals surface area (Å²) in [7, 11) is 0. The van der Waals surface area contributed by atoms with Gasteiger partial charge in [-0.25, -0.2) is 4.79 Å². The monoisotopic (exact) mass is 268 g/mol. The van der Waals surface area contributed by atoms with Crippen LogP contribution >= 0.6 is 0 Å². The molecule has 0 amide bonds. The first-order valence-electron chi connectivity index (χ1n) is 6.20. The molecule has 2 aromatic rings. The summed E-state index contributed by atoms with van der Waals surface area (Å²) in [5, 5.41) is 9.90. The van der Waals surface area contributed by atoms with Gasteiger partial charge in [-0.1, -0.05) is 18.2 Å². The fourth-order valence-corrected chi connectivity index (χ4v) is 2.32. The minimum Gasteiger partial charge on any atom is -0.477 e. The molecule has 5 heteroatoms. The van der Waals surface area contributed by atoms with Gasteiger partial charge in [0.2, 0.25) is 0 Å². The van der Waals surface area contributed by atoms with Crippen LogP contribution in [0.3, 0.4) is 0 Å². The first-order valence-corrected chi connectivity index (χ1v) is 6.20. The molecule has 1 aliphatic heterocycles. The van der Waals surface area contributed by atoms with Crippen molar-refractivity contribution < 1.29 is 9.90 Å². The minimum atomic E-state index is -1.20. The number of hydrogen-bond donors (Lipinski definition) is 1. The Labute approximate surface area is 114 Å². The summed E-state index contributed by atoms with van der Waals surface area (Å²) in [6.07, 6.45) is 3.55. The number of carbonyl (C=O) groups is 1. The first-order chi connectivity index (χ1) is 9.66. The van der Waals surface area contributed by atoms with Crippen molar-refractivity contribution in [1.82, 2.24) is 4.57 Å². The molecule has 0 radical (unpaired) electrons. The summed E-state index contributed by atoms with van der Waals surface area (Å²) in [6, 6.07) is 8.70. The summed E-state index contributed by atoms with van der Waals surface area (Å²) in [5.74, 6) is -1.20. The topological polar surface area (TPSA) is 71.7 Å². The summed E-state index contributed by atoms with van der Waals surface area (Å²) >= 11 is 0.